The summed E-state index contributed by atoms with van der Waals surface area (Å²) in [6.07, 6.45) is -5.74. The number of hydrogen-bond acceptors (Lipinski definition) is 15. The number of aliphatic hydroxyl groups is 6. The van der Waals surface area contributed by atoms with Crippen molar-refractivity contribution in [1.82, 2.24) is 10.6 Å². The van der Waals surface area contributed by atoms with Crippen molar-refractivity contribution in [2.45, 2.75) is 127 Å². The van der Waals surface area contributed by atoms with Crippen LogP contribution >= 0.6 is 0 Å². The molecule has 0 aromatic carbocycles. The van der Waals surface area contributed by atoms with E-state index in [1.807, 2.05) is 13.0 Å². The number of carbonyl (C=O) groups excluding carboxylic acids is 5. The van der Waals surface area contributed by atoms with Crippen LogP contribution in [0.15, 0.2) is 23.8 Å². The molecule has 16 atom stereocenters. The molecule has 8 N–H and O–H groups in total. The fourth-order valence-corrected chi connectivity index (χ4v) is 10.3. The van der Waals surface area contributed by atoms with Gasteiger partial charge in [-0.15, -0.1) is 0 Å². The first-order valence-electron chi connectivity index (χ1n) is 18.5. The Bertz CT molecular complexity index is 1590. The third-order valence-corrected chi connectivity index (χ3v) is 13.0. The Labute approximate surface area is 312 Å². The lowest BCUT2D eigenvalue weighted by atomic mass is 9.46. The van der Waals surface area contributed by atoms with Gasteiger partial charge in [-0.1, -0.05) is 25.5 Å². The zero-order valence-electron chi connectivity index (χ0n) is 30.8. The highest BCUT2D eigenvalue weighted by Gasteiger charge is 2.68. The summed E-state index contributed by atoms with van der Waals surface area (Å²) >= 11 is 0. The average molecular weight is 765 g/mol. The molecule has 0 spiro atoms. The first-order chi connectivity index (χ1) is 25.4. The van der Waals surface area contributed by atoms with Gasteiger partial charge in [-0.2, -0.15) is 0 Å². The van der Waals surface area contributed by atoms with Crippen LogP contribution in [0.25, 0.3) is 0 Å². The maximum atomic E-state index is 14.1. The van der Waals surface area contributed by atoms with Gasteiger partial charge in [0.1, 0.15) is 66.7 Å². The quantitative estimate of drug-likeness (QED) is 0.116. The number of ether oxygens (including phenoxy) is 4. The van der Waals surface area contributed by atoms with Gasteiger partial charge in [0.15, 0.2) is 24.1 Å². The first kappa shape index (κ1) is 40.7. The van der Waals surface area contributed by atoms with Crippen molar-refractivity contribution < 1.29 is 73.6 Å². The van der Waals surface area contributed by atoms with Gasteiger partial charge in [-0.05, 0) is 49.7 Å². The van der Waals surface area contributed by atoms with E-state index in [0.29, 0.717) is 19.3 Å². The zero-order chi connectivity index (χ0) is 39.5. The molecule has 6 aliphatic rings. The Balaban J connectivity index is 1.18. The molecule has 2 heterocycles. The second-order valence-corrected chi connectivity index (χ2v) is 16.1. The Morgan fingerprint density at radius 1 is 0.907 bits per heavy atom. The lowest BCUT2D eigenvalue weighted by Gasteiger charge is -2.56. The highest BCUT2D eigenvalue weighted by atomic mass is 16.7. The standard InChI is InChI=1S/C37H52N2O15/c1-16(42)38-27-30(48)29(47)23(13-40)52-34(27)54-32-24(14-41)53-33(28(31(32)49)39-17(2)43)51-15-25(46)37(50)10-8-21-20-6-5-18-11-19(44)7-9-35(18,3)26(20)22(45)12-36(21,37)4/h7,9,11,20-21,23-24,26-34,40-41,47-50H,5-6,8,10,12-15H2,1-4H3,(H,38,42)(H,39,43)/t20-,21-,23+,24+,26+,27+,28+,29+,30+,31+,32+,33+,34-,35-,36-,37-/m0/s1. The minimum atomic E-state index is -1.96. The van der Waals surface area contributed by atoms with Gasteiger partial charge in [-0.25, -0.2) is 0 Å². The predicted molar refractivity (Wildman–Crippen MR) is 183 cm³/mol. The van der Waals surface area contributed by atoms with Crippen LogP contribution in [0.1, 0.15) is 59.8 Å². The van der Waals surface area contributed by atoms with Crippen molar-refractivity contribution in [3.8, 4) is 0 Å². The van der Waals surface area contributed by atoms with Crippen LogP contribution in [0.3, 0.4) is 0 Å². The van der Waals surface area contributed by atoms with E-state index in [0.717, 1.165) is 19.4 Å². The third kappa shape index (κ3) is 6.79. The normalized spacial score (nSPS) is 45.8. The molecule has 2 saturated heterocycles. The zero-order valence-corrected chi connectivity index (χ0v) is 30.8. The van der Waals surface area contributed by atoms with E-state index in [1.165, 1.54) is 6.08 Å². The second kappa shape index (κ2) is 15.2. The largest absolute Gasteiger partial charge is 0.394 e. The topological polar surface area (TPSA) is 268 Å². The van der Waals surface area contributed by atoms with Crippen molar-refractivity contribution in [3.05, 3.63) is 23.8 Å². The summed E-state index contributed by atoms with van der Waals surface area (Å²) in [7, 11) is 0. The van der Waals surface area contributed by atoms with Gasteiger partial charge in [0.05, 0.1) is 13.2 Å². The highest BCUT2D eigenvalue weighted by Crippen LogP contribution is 2.66. The van der Waals surface area contributed by atoms with Gasteiger partial charge in [0, 0.05) is 37.0 Å². The monoisotopic (exact) mass is 764 g/mol. The molecule has 300 valence electrons. The van der Waals surface area contributed by atoms with E-state index in [4.69, 9.17) is 18.9 Å². The Morgan fingerprint density at radius 2 is 1.54 bits per heavy atom. The molecular weight excluding hydrogens is 712 g/mol. The summed E-state index contributed by atoms with van der Waals surface area (Å²) in [5.41, 5.74) is -2.78. The van der Waals surface area contributed by atoms with Crippen LogP contribution in [0, 0.1) is 28.6 Å². The SMILES string of the molecule is CC(=O)N[C@H]1[C@H](OCC(=O)[C@@]2(O)CC[C@H]3[C@@H]4CCC5=CC(=O)C=C[C@]5(C)[C@H]4C(=O)C[C@@]32C)O[C@H](CO)[C@@H](O[C@@H]2O[C@H](CO)[C@@H](O)[C@H](O)[C@H]2NC(C)=O)[C@@H]1O. The number of amides is 2. The molecule has 0 aromatic heterocycles. The lowest BCUT2D eigenvalue weighted by molar-refractivity contribution is -0.331. The number of fused-ring (bicyclic) bond motifs is 5. The fourth-order valence-electron chi connectivity index (χ4n) is 10.3. The van der Waals surface area contributed by atoms with Crippen molar-refractivity contribution in [1.29, 1.82) is 0 Å². The van der Waals surface area contributed by atoms with Crippen LogP contribution in [0.2, 0.25) is 0 Å². The van der Waals surface area contributed by atoms with E-state index < -0.39 is 121 Å². The van der Waals surface area contributed by atoms with Gasteiger partial charge in [0.2, 0.25) is 11.8 Å². The summed E-state index contributed by atoms with van der Waals surface area (Å²) in [5, 5.41) is 69.7. The van der Waals surface area contributed by atoms with E-state index in [9.17, 15) is 54.6 Å². The molecule has 2 aliphatic heterocycles. The predicted octanol–water partition coefficient (Wildman–Crippen LogP) is -2.30. The smallest absolute Gasteiger partial charge is 0.217 e. The van der Waals surface area contributed by atoms with Crippen molar-refractivity contribution in [3.63, 3.8) is 0 Å². The minimum Gasteiger partial charge on any atom is -0.394 e. The molecule has 3 saturated carbocycles. The van der Waals surface area contributed by atoms with E-state index >= 15 is 0 Å². The number of aliphatic hydroxyl groups excluding tert-OH is 5. The molecule has 17 nitrogen and oxygen atoms in total. The lowest BCUT2D eigenvalue weighted by Crippen LogP contribution is -2.69. The van der Waals surface area contributed by atoms with Gasteiger partial charge < -0.3 is 60.2 Å². The van der Waals surface area contributed by atoms with Crippen LogP contribution < -0.4 is 10.6 Å². The summed E-state index contributed by atoms with van der Waals surface area (Å²) in [6, 6.07) is -2.82. The number of carbonyl (C=O) groups is 5. The summed E-state index contributed by atoms with van der Waals surface area (Å²) < 4.78 is 23.4. The molecule has 17 heteroatoms. The van der Waals surface area contributed by atoms with Gasteiger partial charge in [0.25, 0.3) is 0 Å². The van der Waals surface area contributed by atoms with Crippen molar-refractivity contribution >= 4 is 29.2 Å². The number of nitrogens with one attached hydrogen (secondary N) is 2. The van der Waals surface area contributed by atoms with E-state index in [1.54, 1.807) is 13.0 Å². The Morgan fingerprint density at radius 3 is 2.17 bits per heavy atom. The molecule has 0 aromatic rings. The van der Waals surface area contributed by atoms with Gasteiger partial charge in [-0.3, -0.25) is 24.0 Å². The van der Waals surface area contributed by atoms with Gasteiger partial charge >= 0.3 is 0 Å². The van der Waals surface area contributed by atoms with Crippen LogP contribution in [-0.4, -0.2) is 147 Å². The first-order valence-corrected chi connectivity index (χ1v) is 18.5. The fraction of sp³-hybridized carbons (Fsp3) is 0.757. The summed E-state index contributed by atoms with van der Waals surface area (Å²) in [5.74, 6) is -2.88. The van der Waals surface area contributed by atoms with Crippen molar-refractivity contribution in [2.24, 2.45) is 28.6 Å². The minimum absolute atomic E-state index is 0.0594. The second-order valence-electron chi connectivity index (χ2n) is 16.1. The highest BCUT2D eigenvalue weighted by molar-refractivity contribution is 6.02. The van der Waals surface area contributed by atoms with Crippen LogP contribution in [-0.2, 0) is 42.9 Å². The third-order valence-electron chi connectivity index (χ3n) is 13.0. The number of hydrogen-bond donors (Lipinski definition) is 8. The maximum Gasteiger partial charge on any atom is 0.217 e. The van der Waals surface area contributed by atoms with Crippen molar-refractivity contribution in [2.75, 3.05) is 19.8 Å². The number of allylic oxidation sites excluding steroid dienone is 4. The van der Waals surface area contributed by atoms with E-state index in [2.05, 4.69) is 10.6 Å². The molecule has 0 unspecified atom stereocenters. The molecule has 4 aliphatic carbocycles. The maximum absolute atomic E-state index is 14.1. The molecule has 0 radical (unpaired) electrons. The number of rotatable bonds is 10. The summed E-state index contributed by atoms with van der Waals surface area (Å²) in [4.78, 5) is 64.4. The average Bonchev–Trinajstić information content (AvgIpc) is 3.38. The Hall–Kier alpha value is -2.97. The molecule has 6 rings (SSSR count). The van der Waals surface area contributed by atoms with E-state index in [-0.39, 0.29) is 36.2 Å². The van der Waals surface area contributed by atoms with Crippen LogP contribution in [0.4, 0.5) is 0 Å². The molecule has 2 amide bonds. The molecule has 0 bridgehead atoms. The molecule has 5 fully saturated rings. The number of ketones is 3. The molecule has 54 heavy (non-hydrogen) atoms. The summed E-state index contributed by atoms with van der Waals surface area (Å²) in [6.45, 7) is 3.76. The van der Waals surface area contributed by atoms with Crippen LogP contribution in [0.5, 0.6) is 0 Å². The Kier molecular flexibility index (Phi) is 11.4. The number of Topliss-reactive ketones (excluding diaryl/α,β-unsaturated/α-hetero) is 2. The molecular formula is C37H52N2O15.